The van der Waals surface area contributed by atoms with Crippen LogP contribution in [0.25, 0.3) is 21.8 Å². The molecule has 21 heavy (non-hydrogen) atoms. The van der Waals surface area contributed by atoms with Crippen molar-refractivity contribution in [2.45, 2.75) is 37.8 Å². The summed E-state index contributed by atoms with van der Waals surface area (Å²) in [4.78, 5) is 16.9. The van der Waals surface area contributed by atoms with Crippen molar-refractivity contribution in [3.8, 4) is 0 Å². The first-order valence-electron chi connectivity index (χ1n) is 7.42. The molecular weight excluding hydrogens is 266 g/mol. The smallest absolute Gasteiger partial charge is 0.276 e. The summed E-state index contributed by atoms with van der Waals surface area (Å²) in [6.07, 6.45) is 4.83. The van der Waals surface area contributed by atoms with Crippen molar-refractivity contribution in [1.82, 2.24) is 14.8 Å². The second-order valence-electron chi connectivity index (χ2n) is 5.77. The van der Waals surface area contributed by atoms with Gasteiger partial charge in [-0.25, -0.2) is 4.68 Å². The monoisotopic (exact) mass is 283 g/mol. The minimum Gasteiger partial charge on any atom is -0.391 e. The Morgan fingerprint density at radius 2 is 2.00 bits per heavy atom. The highest BCUT2D eigenvalue weighted by Crippen LogP contribution is 2.28. The van der Waals surface area contributed by atoms with Gasteiger partial charge in [-0.3, -0.25) is 14.9 Å². The fraction of sp³-hybridized carbons (Fsp3) is 0.375. The van der Waals surface area contributed by atoms with Gasteiger partial charge in [-0.1, -0.05) is 31.0 Å². The number of nitrogens with zero attached hydrogens (tertiary/aromatic N) is 2. The molecular formula is C16H17N3O2. The fourth-order valence-corrected chi connectivity index (χ4v) is 3.35. The van der Waals surface area contributed by atoms with E-state index in [2.05, 4.69) is 10.1 Å². The second kappa shape index (κ2) is 4.70. The largest absolute Gasteiger partial charge is 0.391 e. The van der Waals surface area contributed by atoms with Gasteiger partial charge in [0.1, 0.15) is 0 Å². The maximum atomic E-state index is 12.6. The summed E-state index contributed by atoms with van der Waals surface area (Å²) >= 11 is 0. The minimum atomic E-state index is -0.455. The Bertz CT molecular complexity index is 865. The maximum absolute atomic E-state index is 12.6. The molecule has 2 N–H and O–H groups in total. The third kappa shape index (κ3) is 1.88. The van der Waals surface area contributed by atoms with E-state index in [0.717, 1.165) is 42.1 Å². The van der Waals surface area contributed by atoms with Gasteiger partial charge in [0, 0.05) is 11.6 Å². The molecule has 108 valence electrons. The van der Waals surface area contributed by atoms with Gasteiger partial charge in [0.25, 0.3) is 5.56 Å². The topological polar surface area (TPSA) is 70.9 Å². The highest BCUT2D eigenvalue weighted by Gasteiger charge is 2.27. The Labute approximate surface area is 121 Å². The van der Waals surface area contributed by atoms with Gasteiger partial charge in [0.05, 0.1) is 28.6 Å². The number of aromatic amines is 1. The number of fused-ring (bicyclic) bond motifs is 3. The van der Waals surface area contributed by atoms with Crippen LogP contribution in [0.4, 0.5) is 0 Å². The molecule has 0 spiro atoms. The average molecular weight is 283 g/mol. The maximum Gasteiger partial charge on any atom is 0.276 e. The number of para-hydroxylation sites is 1. The number of benzene rings is 1. The van der Waals surface area contributed by atoms with E-state index >= 15 is 0 Å². The number of H-pyrrole nitrogens is 1. The Kier molecular flexibility index (Phi) is 2.82. The summed E-state index contributed by atoms with van der Waals surface area (Å²) in [7, 11) is 0. The van der Waals surface area contributed by atoms with Crippen LogP contribution in [0.2, 0.25) is 0 Å². The molecule has 1 aromatic carbocycles. The standard InChI is InChI=1S/C16H17N3O2/c20-14-8-4-3-7-13(14)19-16(21)11-9-17-12-6-2-1-5-10(12)15(11)18-19/h1-2,5-6,9,13-14,18,20H,3-4,7-8H2/t13-,14-/m1/s1. The molecule has 2 heterocycles. The van der Waals surface area contributed by atoms with Crippen LogP contribution < -0.4 is 5.56 Å². The number of pyridine rings is 1. The zero-order valence-electron chi connectivity index (χ0n) is 11.6. The molecule has 1 fully saturated rings. The molecule has 2 aromatic heterocycles. The van der Waals surface area contributed by atoms with Crippen molar-refractivity contribution in [3.63, 3.8) is 0 Å². The molecule has 0 bridgehead atoms. The van der Waals surface area contributed by atoms with Crippen LogP contribution in [-0.4, -0.2) is 26.0 Å². The normalized spacial score (nSPS) is 22.9. The molecule has 1 saturated carbocycles. The van der Waals surface area contributed by atoms with Gasteiger partial charge in [0.2, 0.25) is 0 Å². The van der Waals surface area contributed by atoms with Crippen LogP contribution in [-0.2, 0) is 0 Å². The van der Waals surface area contributed by atoms with Crippen LogP contribution in [0, 0.1) is 0 Å². The van der Waals surface area contributed by atoms with E-state index in [-0.39, 0.29) is 11.6 Å². The number of aliphatic hydroxyl groups is 1. The van der Waals surface area contributed by atoms with E-state index in [0.29, 0.717) is 5.39 Å². The molecule has 5 heteroatoms. The van der Waals surface area contributed by atoms with E-state index < -0.39 is 6.10 Å². The van der Waals surface area contributed by atoms with Crippen LogP contribution in [0.1, 0.15) is 31.7 Å². The van der Waals surface area contributed by atoms with Crippen molar-refractivity contribution >= 4 is 21.8 Å². The van der Waals surface area contributed by atoms with E-state index in [4.69, 9.17) is 0 Å². The minimum absolute atomic E-state index is 0.0887. The SMILES string of the molecule is O=c1c2cnc3ccccc3c2[nH]n1[C@@H]1CCCC[C@H]1O. The molecule has 3 aromatic rings. The lowest BCUT2D eigenvalue weighted by molar-refractivity contribution is 0.0682. The quantitative estimate of drug-likeness (QED) is 0.720. The van der Waals surface area contributed by atoms with E-state index in [1.807, 2.05) is 24.3 Å². The number of nitrogens with one attached hydrogen (secondary N) is 1. The van der Waals surface area contributed by atoms with Crippen LogP contribution in [0.5, 0.6) is 0 Å². The average Bonchev–Trinajstić information content (AvgIpc) is 2.85. The molecule has 4 rings (SSSR count). The van der Waals surface area contributed by atoms with Crippen molar-refractivity contribution in [2.24, 2.45) is 0 Å². The highest BCUT2D eigenvalue weighted by atomic mass is 16.3. The van der Waals surface area contributed by atoms with Gasteiger partial charge in [0.15, 0.2) is 0 Å². The first-order chi connectivity index (χ1) is 10.3. The lowest BCUT2D eigenvalue weighted by Gasteiger charge is -2.27. The van der Waals surface area contributed by atoms with E-state index in [9.17, 15) is 9.90 Å². The summed E-state index contributed by atoms with van der Waals surface area (Å²) < 4.78 is 1.60. The van der Waals surface area contributed by atoms with Crippen LogP contribution >= 0.6 is 0 Å². The van der Waals surface area contributed by atoms with Crippen molar-refractivity contribution < 1.29 is 5.11 Å². The summed E-state index contributed by atoms with van der Waals surface area (Å²) in [5.41, 5.74) is 1.58. The van der Waals surface area contributed by atoms with Gasteiger partial charge < -0.3 is 5.11 Å². The van der Waals surface area contributed by atoms with E-state index in [1.165, 1.54) is 0 Å². The first kappa shape index (κ1) is 12.6. The number of aromatic nitrogens is 3. The zero-order valence-corrected chi connectivity index (χ0v) is 11.6. The number of hydrogen-bond donors (Lipinski definition) is 2. The summed E-state index contributed by atoms with van der Waals surface area (Å²) in [5, 5.41) is 14.9. The van der Waals surface area contributed by atoms with Crippen molar-refractivity contribution in [2.75, 3.05) is 0 Å². The lowest BCUT2D eigenvalue weighted by atomic mass is 9.93. The van der Waals surface area contributed by atoms with Gasteiger partial charge >= 0.3 is 0 Å². The molecule has 1 aliphatic rings. The Morgan fingerprint density at radius 1 is 1.19 bits per heavy atom. The predicted octanol–water partition coefficient (Wildman–Crippen LogP) is 2.35. The number of aliphatic hydroxyl groups excluding tert-OH is 1. The van der Waals surface area contributed by atoms with Crippen molar-refractivity contribution in [1.29, 1.82) is 0 Å². The van der Waals surface area contributed by atoms with E-state index in [1.54, 1.807) is 10.9 Å². The molecule has 0 saturated heterocycles. The Morgan fingerprint density at radius 3 is 2.86 bits per heavy atom. The predicted molar refractivity (Wildman–Crippen MR) is 81.4 cm³/mol. The van der Waals surface area contributed by atoms with Gasteiger partial charge in [-0.05, 0) is 18.9 Å². The zero-order chi connectivity index (χ0) is 14.4. The molecule has 0 aliphatic heterocycles. The number of hydrogen-bond acceptors (Lipinski definition) is 3. The summed E-state index contributed by atoms with van der Waals surface area (Å²) in [6, 6.07) is 7.61. The third-order valence-electron chi connectivity index (χ3n) is 4.48. The Hall–Kier alpha value is -2.14. The second-order valence-corrected chi connectivity index (χ2v) is 5.77. The van der Waals surface area contributed by atoms with Crippen LogP contribution in [0.3, 0.4) is 0 Å². The summed E-state index contributed by atoms with van der Waals surface area (Å²) in [5.74, 6) is 0. The highest BCUT2D eigenvalue weighted by molar-refractivity contribution is 6.02. The van der Waals surface area contributed by atoms with Gasteiger partial charge in [-0.2, -0.15) is 0 Å². The van der Waals surface area contributed by atoms with Crippen molar-refractivity contribution in [3.05, 3.63) is 40.8 Å². The molecule has 0 amide bonds. The Balaban J connectivity index is 1.97. The third-order valence-corrected chi connectivity index (χ3v) is 4.48. The molecule has 1 aliphatic carbocycles. The lowest BCUT2D eigenvalue weighted by Crippen LogP contribution is -2.33. The molecule has 5 nitrogen and oxygen atoms in total. The van der Waals surface area contributed by atoms with Crippen LogP contribution in [0.15, 0.2) is 35.3 Å². The number of rotatable bonds is 1. The van der Waals surface area contributed by atoms with Gasteiger partial charge in [-0.15, -0.1) is 0 Å². The molecule has 0 radical (unpaired) electrons. The fourth-order valence-electron chi connectivity index (χ4n) is 3.35. The summed E-state index contributed by atoms with van der Waals surface area (Å²) in [6.45, 7) is 0. The molecule has 2 atom stereocenters. The first-order valence-corrected chi connectivity index (χ1v) is 7.42. The molecule has 0 unspecified atom stereocenters.